The van der Waals surface area contributed by atoms with Crippen LogP contribution in [-0.4, -0.2) is 42.6 Å². The maximum atomic E-state index is 12.9. The molecule has 6 heteroatoms. The summed E-state index contributed by atoms with van der Waals surface area (Å²) >= 11 is 1.90. The Bertz CT molecular complexity index is 1070. The summed E-state index contributed by atoms with van der Waals surface area (Å²) in [5.41, 5.74) is 2.54. The first-order chi connectivity index (χ1) is 19.2. The molecule has 40 heavy (non-hydrogen) atoms. The van der Waals surface area contributed by atoms with Crippen LogP contribution in [0, 0.1) is 5.82 Å². The van der Waals surface area contributed by atoms with Gasteiger partial charge in [0.1, 0.15) is 5.82 Å². The lowest BCUT2D eigenvalue weighted by Crippen LogP contribution is -2.44. The number of hydrogen-bond donors (Lipinski definition) is 1. The number of nitrogens with zero attached hydrogens (tertiary/aromatic N) is 1. The fourth-order valence-electron chi connectivity index (χ4n) is 4.17. The Morgan fingerprint density at radius 2 is 1.70 bits per heavy atom. The summed E-state index contributed by atoms with van der Waals surface area (Å²) < 4.78 is 12.9. The molecular weight excluding hydrogens is 519 g/mol. The lowest BCUT2D eigenvalue weighted by molar-refractivity contribution is -0.132. The summed E-state index contributed by atoms with van der Waals surface area (Å²) in [6.45, 7) is 13.3. The highest BCUT2D eigenvalue weighted by Gasteiger charge is 2.32. The van der Waals surface area contributed by atoms with Crippen molar-refractivity contribution in [2.45, 2.75) is 65.2 Å². The lowest BCUT2D eigenvalue weighted by atomic mass is 9.74. The Morgan fingerprint density at radius 1 is 1.10 bits per heavy atom. The van der Waals surface area contributed by atoms with Gasteiger partial charge in [-0.05, 0) is 71.9 Å². The number of nitrogens with one attached hydrogen (secondary N) is 1. The molecule has 1 aliphatic rings. The van der Waals surface area contributed by atoms with Crippen LogP contribution in [0.25, 0.3) is 0 Å². The van der Waals surface area contributed by atoms with Gasteiger partial charge in [-0.25, -0.2) is 4.39 Å². The Morgan fingerprint density at radius 3 is 2.20 bits per heavy atom. The van der Waals surface area contributed by atoms with E-state index in [2.05, 4.69) is 69.1 Å². The molecule has 0 aliphatic carbocycles. The van der Waals surface area contributed by atoms with Crippen molar-refractivity contribution in [1.82, 2.24) is 10.2 Å². The molecule has 218 valence electrons. The molecule has 1 saturated heterocycles. The van der Waals surface area contributed by atoms with Crippen molar-refractivity contribution >= 4 is 23.6 Å². The molecule has 0 spiro atoms. The number of rotatable bonds is 9. The minimum absolute atomic E-state index is 0.00463. The molecule has 2 aromatic rings. The smallest absolute Gasteiger partial charge is 0.222 e. The molecule has 1 N–H and O–H groups in total. The number of benzene rings is 2. The number of piperidine rings is 1. The molecule has 1 fully saturated rings. The van der Waals surface area contributed by atoms with E-state index in [4.69, 9.17) is 0 Å². The zero-order valence-corrected chi connectivity index (χ0v) is 25.7. The average molecular weight is 567 g/mol. The number of hydrogen-bond acceptors (Lipinski definition) is 3. The summed E-state index contributed by atoms with van der Waals surface area (Å²) in [6, 6.07) is 17.0. The zero-order valence-electron chi connectivity index (χ0n) is 24.9. The molecule has 3 rings (SSSR count). The van der Waals surface area contributed by atoms with Gasteiger partial charge >= 0.3 is 0 Å². The van der Waals surface area contributed by atoms with Crippen LogP contribution in [0.15, 0.2) is 90.4 Å². The highest BCUT2D eigenvalue weighted by Crippen LogP contribution is 2.35. The highest BCUT2D eigenvalue weighted by molar-refractivity contribution is 8.03. The number of halogens is 1. The molecule has 0 bridgehead atoms. The first-order valence-corrected chi connectivity index (χ1v) is 15.0. The number of aryl methyl sites for hydroxylation is 1. The number of likely N-dealkylation sites (tertiary alicyclic amines) is 1. The van der Waals surface area contributed by atoms with E-state index in [1.54, 1.807) is 19.2 Å². The summed E-state index contributed by atoms with van der Waals surface area (Å²) in [5.74, 6) is 1.13. The van der Waals surface area contributed by atoms with Crippen molar-refractivity contribution in [2.75, 3.05) is 25.9 Å². The van der Waals surface area contributed by atoms with Gasteiger partial charge in [-0.3, -0.25) is 9.59 Å². The number of carbonyl (C=O) groups is 2. The second-order valence-electron chi connectivity index (χ2n) is 9.80. The van der Waals surface area contributed by atoms with Gasteiger partial charge in [0.2, 0.25) is 11.8 Å². The van der Waals surface area contributed by atoms with Gasteiger partial charge in [-0.15, -0.1) is 11.8 Å². The second kappa shape index (κ2) is 19.9. The normalized spacial score (nSPS) is 14.3. The number of amides is 2. The van der Waals surface area contributed by atoms with E-state index >= 15 is 0 Å². The molecule has 1 heterocycles. The largest absolute Gasteiger partial charge is 0.359 e. The molecule has 2 aromatic carbocycles. The van der Waals surface area contributed by atoms with E-state index in [0.29, 0.717) is 12.8 Å². The van der Waals surface area contributed by atoms with Crippen LogP contribution >= 0.6 is 11.8 Å². The lowest BCUT2D eigenvalue weighted by Gasteiger charge is -2.40. The number of carbonyl (C=O) groups excluding carboxylic acids is 2. The first kappa shape index (κ1) is 34.9. The highest BCUT2D eigenvalue weighted by atomic mass is 32.2. The summed E-state index contributed by atoms with van der Waals surface area (Å²) in [7, 11) is 1.60. The third-order valence-corrected chi connectivity index (χ3v) is 7.89. The molecule has 4 nitrogen and oxygen atoms in total. The SMILES string of the molecule is C=C/C=C\C/C(=C\C)SCC.CC1(c2ccccc2)CCN(C(=O)CCc2ccc(F)cc2)CC1.CNC(C)=O. The Kier molecular flexibility index (Phi) is 17.3. The van der Waals surface area contributed by atoms with Gasteiger partial charge < -0.3 is 10.2 Å². The Hall–Kier alpha value is -3.12. The van der Waals surface area contributed by atoms with Crippen LogP contribution in [0.3, 0.4) is 0 Å². The van der Waals surface area contributed by atoms with Crippen LogP contribution in [0.4, 0.5) is 4.39 Å². The fourth-order valence-corrected chi connectivity index (χ4v) is 4.92. The van der Waals surface area contributed by atoms with Gasteiger partial charge in [0.25, 0.3) is 0 Å². The van der Waals surface area contributed by atoms with E-state index in [0.717, 1.165) is 43.7 Å². The third-order valence-electron chi connectivity index (χ3n) is 6.83. The standard InChI is InChI=1S/C21H24FNO.C10H16S.C3H7NO/c1-21(18-5-3-2-4-6-18)13-15-23(16-14-21)20(24)12-9-17-7-10-19(22)11-8-17;1-4-7-8-9-10(5-2)11-6-3;1-3(5)4-2/h2-8,10-11H,9,12-16H2,1H3;4-5,7-8H,1,6,9H2,2-3H3;1-2H3,(H,4,5)/b;8-7-,10-5+;. The molecule has 2 amide bonds. The quantitative estimate of drug-likeness (QED) is 0.314. The van der Waals surface area contributed by atoms with Crippen molar-refractivity contribution < 1.29 is 14.0 Å². The van der Waals surface area contributed by atoms with Gasteiger partial charge in [-0.1, -0.05) is 87.2 Å². The van der Waals surface area contributed by atoms with E-state index < -0.39 is 0 Å². The summed E-state index contributed by atoms with van der Waals surface area (Å²) in [4.78, 5) is 25.6. The molecule has 0 saturated carbocycles. The van der Waals surface area contributed by atoms with Crippen molar-refractivity contribution in [1.29, 1.82) is 0 Å². The molecule has 0 aromatic heterocycles. The van der Waals surface area contributed by atoms with Crippen LogP contribution in [0.1, 0.15) is 64.5 Å². The molecular formula is C34H47FN2O2S. The predicted octanol–water partition coefficient (Wildman–Crippen LogP) is 7.87. The van der Waals surface area contributed by atoms with Gasteiger partial charge in [0.05, 0.1) is 0 Å². The first-order valence-electron chi connectivity index (χ1n) is 14.0. The predicted molar refractivity (Wildman–Crippen MR) is 170 cm³/mol. The number of thioether (sulfide) groups is 1. The van der Waals surface area contributed by atoms with Gasteiger partial charge in [0, 0.05) is 33.5 Å². The summed E-state index contributed by atoms with van der Waals surface area (Å²) in [6.07, 6.45) is 12.3. The Labute approximate surface area is 245 Å². The minimum atomic E-state index is -0.235. The van der Waals surface area contributed by atoms with E-state index in [1.165, 1.54) is 29.5 Å². The summed E-state index contributed by atoms with van der Waals surface area (Å²) in [5, 5.41) is 2.39. The van der Waals surface area contributed by atoms with E-state index in [9.17, 15) is 14.0 Å². The van der Waals surface area contributed by atoms with Crippen LogP contribution in [0.5, 0.6) is 0 Å². The molecule has 0 radical (unpaired) electrons. The second-order valence-corrected chi connectivity index (χ2v) is 11.2. The van der Waals surface area contributed by atoms with Crippen molar-refractivity contribution in [3.63, 3.8) is 0 Å². The van der Waals surface area contributed by atoms with Gasteiger partial charge in [0.15, 0.2) is 0 Å². The number of allylic oxidation sites excluding steroid dienone is 5. The van der Waals surface area contributed by atoms with Crippen LogP contribution in [-0.2, 0) is 21.4 Å². The van der Waals surface area contributed by atoms with Crippen molar-refractivity contribution in [3.05, 3.63) is 107 Å². The van der Waals surface area contributed by atoms with E-state index in [-0.39, 0.29) is 23.0 Å². The maximum Gasteiger partial charge on any atom is 0.222 e. The van der Waals surface area contributed by atoms with Crippen molar-refractivity contribution in [2.24, 2.45) is 0 Å². The average Bonchev–Trinajstić information content (AvgIpc) is 2.98. The minimum Gasteiger partial charge on any atom is -0.359 e. The molecule has 0 unspecified atom stereocenters. The van der Waals surface area contributed by atoms with Crippen molar-refractivity contribution in [3.8, 4) is 0 Å². The Balaban J connectivity index is 0.000000417. The molecule has 1 aliphatic heterocycles. The molecule has 0 atom stereocenters. The van der Waals surface area contributed by atoms with Crippen LogP contribution in [0.2, 0.25) is 0 Å². The fraction of sp³-hybridized carbons (Fsp3) is 0.412. The monoisotopic (exact) mass is 566 g/mol. The van der Waals surface area contributed by atoms with E-state index in [1.807, 2.05) is 34.9 Å². The maximum absolute atomic E-state index is 12.9. The van der Waals surface area contributed by atoms with Gasteiger partial charge in [-0.2, -0.15) is 0 Å². The topological polar surface area (TPSA) is 49.4 Å². The third kappa shape index (κ3) is 13.8. The zero-order chi connectivity index (χ0) is 29.8. The van der Waals surface area contributed by atoms with Crippen LogP contribution < -0.4 is 5.32 Å².